The minimum atomic E-state index is -1.31. The molecular formula is C15H15FN2O2. The predicted octanol–water partition coefficient (Wildman–Crippen LogP) is 1.88. The molecular weight excluding hydrogens is 259 g/mol. The Morgan fingerprint density at radius 3 is 2.90 bits per heavy atom. The minimum Gasteiger partial charge on any atom is -0.378 e. The molecule has 2 N–H and O–H groups in total. The van der Waals surface area contributed by atoms with Gasteiger partial charge in [0.1, 0.15) is 5.82 Å². The van der Waals surface area contributed by atoms with Crippen LogP contribution in [-0.2, 0) is 11.3 Å². The van der Waals surface area contributed by atoms with Crippen LogP contribution < -0.4 is 5.32 Å². The average Bonchev–Trinajstić information content (AvgIpc) is 2.48. The number of aryl methyl sites for hydroxylation is 1. The number of nitrogens with one attached hydrogen (secondary N) is 1. The summed E-state index contributed by atoms with van der Waals surface area (Å²) in [6.45, 7) is 1.86. The molecule has 0 saturated heterocycles. The van der Waals surface area contributed by atoms with Crippen molar-refractivity contribution < 1.29 is 14.3 Å². The Balaban J connectivity index is 1.99. The van der Waals surface area contributed by atoms with Gasteiger partial charge in [-0.2, -0.15) is 0 Å². The first kappa shape index (κ1) is 14.1. The summed E-state index contributed by atoms with van der Waals surface area (Å²) in [6.07, 6.45) is 1.96. The Labute approximate surface area is 116 Å². The van der Waals surface area contributed by atoms with E-state index in [1.807, 2.05) is 6.07 Å². The lowest BCUT2D eigenvalue weighted by molar-refractivity contribution is -0.129. The van der Waals surface area contributed by atoms with Gasteiger partial charge in [-0.3, -0.25) is 9.78 Å². The van der Waals surface area contributed by atoms with Crippen molar-refractivity contribution in [2.75, 3.05) is 0 Å². The second kappa shape index (κ2) is 6.25. The van der Waals surface area contributed by atoms with Crippen LogP contribution in [0.25, 0.3) is 0 Å². The summed E-state index contributed by atoms with van der Waals surface area (Å²) in [7, 11) is 0. The zero-order valence-corrected chi connectivity index (χ0v) is 11.0. The molecule has 1 aromatic heterocycles. The zero-order chi connectivity index (χ0) is 14.5. The van der Waals surface area contributed by atoms with E-state index in [-0.39, 0.29) is 12.4 Å². The number of carbonyl (C=O) groups excluding carboxylic acids is 1. The lowest BCUT2D eigenvalue weighted by Crippen LogP contribution is -2.28. The van der Waals surface area contributed by atoms with Gasteiger partial charge in [0.15, 0.2) is 6.10 Å². The van der Waals surface area contributed by atoms with Crippen LogP contribution in [-0.4, -0.2) is 16.0 Å². The maximum absolute atomic E-state index is 13.1. The molecule has 0 spiro atoms. The number of rotatable bonds is 4. The highest BCUT2D eigenvalue weighted by Gasteiger charge is 2.17. The topological polar surface area (TPSA) is 62.2 Å². The van der Waals surface area contributed by atoms with Gasteiger partial charge in [0.2, 0.25) is 0 Å². The molecule has 2 rings (SSSR count). The summed E-state index contributed by atoms with van der Waals surface area (Å²) < 4.78 is 13.1. The number of pyridine rings is 1. The molecule has 0 fully saturated rings. The molecule has 1 heterocycles. The fraction of sp³-hybridized carbons (Fsp3) is 0.200. The van der Waals surface area contributed by atoms with Crippen LogP contribution in [0.15, 0.2) is 42.7 Å². The van der Waals surface area contributed by atoms with Crippen molar-refractivity contribution in [3.8, 4) is 0 Å². The van der Waals surface area contributed by atoms with Gasteiger partial charge in [0.25, 0.3) is 5.91 Å². The van der Waals surface area contributed by atoms with E-state index < -0.39 is 12.0 Å². The molecule has 0 aliphatic heterocycles. The van der Waals surface area contributed by atoms with E-state index in [1.165, 1.54) is 18.2 Å². The van der Waals surface area contributed by atoms with Gasteiger partial charge in [-0.05, 0) is 35.7 Å². The number of halogens is 1. The SMILES string of the molecule is Cc1cc(C(O)C(=O)NCc2cccnc2)ccc1F. The molecule has 1 aromatic carbocycles. The molecule has 0 aliphatic carbocycles. The van der Waals surface area contributed by atoms with Gasteiger partial charge in [0.05, 0.1) is 0 Å². The summed E-state index contributed by atoms with van der Waals surface area (Å²) in [5.74, 6) is -0.892. The van der Waals surface area contributed by atoms with E-state index in [1.54, 1.807) is 25.4 Å². The maximum atomic E-state index is 13.1. The van der Waals surface area contributed by atoms with E-state index in [4.69, 9.17) is 0 Å². The molecule has 2 aromatic rings. The van der Waals surface area contributed by atoms with Crippen molar-refractivity contribution >= 4 is 5.91 Å². The minimum absolute atomic E-state index is 0.282. The van der Waals surface area contributed by atoms with Crippen LogP contribution in [0.1, 0.15) is 22.8 Å². The molecule has 20 heavy (non-hydrogen) atoms. The van der Waals surface area contributed by atoms with E-state index in [0.29, 0.717) is 11.1 Å². The Bertz CT molecular complexity index is 602. The molecule has 0 saturated carbocycles. The van der Waals surface area contributed by atoms with E-state index in [0.717, 1.165) is 5.56 Å². The first-order valence-corrected chi connectivity index (χ1v) is 6.18. The van der Waals surface area contributed by atoms with Gasteiger partial charge >= 0.3 is 0 Å². The third-order valence-corrected chi connectivity index (χ3v) is 2.94. The number of aliphatic hydroxyl groups excluding tert-OH is 1. The van der Waals surface area contributed by atoms with Gasteiger partial charge in [0, 0.05) is 18.9 Å². The number of aliphatic hydroxyl groups is 1. The number of hydrogen-bond donors (Lipinski definition) is 2. The summed E-state index contributed by atoms with van der Waals surface area (Å²) in [5, 5.41) is 12.5. The lowest BCUT2D eigenvalue weighted by Gasteiger charge is -2.12. The molecule has 1 unspecified atom stereocenters. The fourth-order valence-corrected chi connectivity index (χ4v) is 1.78. The molecule has 4 nitrogen and oxygen atoms in total. The molecule has 1 atom stereocenters. The monoisotopic (exact) mass is 274 g/mol. The Hall–Kier alpha value is -2.27. The lowest BCUT2D eigenvalue weighted by atomic mass is 10.1. The van der Waals surface area contributed by atoms with E-state index in [9.17, 15) is 14.3 Å². The van der Waals surface area contributed by atoms with Crippen LogP contribution in [0.2, 0.25) is 0 Å². The molecule has 0 bridgehead atoms. The number of benzene rings is 1. The van der Waals surface area contributed by atoms with Crippen molar-refractivity contribution in [1.29, 1.82) is 0 Å². The van der Waals surface area contributed by atoms with Crippen molar-refractivity contribution in [3.05, 3.63) is 65.2 Å². The molecule has 1 amide bonds. The fourth-order valence-electron chi connectivity index (χ4n) is 1.78. The number of nitrogens with zero attached hydrogens (tertiary/aromatic N) is 1. The summed E-state index contributed by atoms with van der Waals surface area (Å²) in [4.78, 5) is 15.8. The van der Waals surface area contributed by atoms with Crippen LogP contribution in [0.5, 0.6) is 0 Å². The molecule has 0 radical (unpaired) electrons. The average molecular weight is 274 g/mol. The quantitative estimate of drug-likeness (QED) is 0.894. The van der Waals surface area contributed by atoms with E-state index >= 15 is 0 Å². The Kier molecular flexibility index (Phi) is 4.42. The zero-order valence-electron chi connectivity index (χ0n) is 11.0. The van der Waals surface area contributed by atoms with Crippen LogP contribution >= 0.6 is 0 Å². The smallest absolute Gasteiger partial charge is 0.253 e. The number of hydrogen-bond acceptors (Lipinski definition) is 3. The molecule has 0 aliphatic rings. The third kappa shape index (κ3) is 3.39. The third-order valence-electron chi connectivity index (χ3n) is 2.94. The number of aromatic nitrogens is 1. The number of amides is 1. The van der Waals surface area contributed by atoms with Crippen molar-refractivity contribution in [3.63, 3.8) is 0 Å². The van der Waals surface area contributed by atoms with Crippen molar-refractivity contribution in [2.24, 2.45) is 0 Å². The van der Waals surface area contributed by atoms with Crippen LogP contribution in [0.4, 0.5) is 4.39 Å². The second-order valence-electron chi connectivity index (χ2n) is 4.49. The molecule has 5 heteroatoms. The first-order valence-electron chi connectivity index (χ1n) is 6.18. The second-order valence-corrected chi connectivity index (χ2v) is 4.49. The summed E-state index contributed by atoms with van der Waals surface area (Å²) >= 11 is 0. The first-order chi connectivity index (χ1) is 9.58. The predicted molar refractivity (Wildman–Crippen MR) is 72.2 cm³/mol. The van der Waals surface area contributed by atoms with E-state index in [2.05, 4.69) is 10.3 Å². The Morgan fingerprint density at radius 1 is 1.45 bits per heavy atom. The highest BCUT2D eigenvalue weighted by atomic mass is 19.1. The maximum Gasteiger partial charge on any atom is 0.253 e. The van der Waals surface area contributed by atoms with Gasteiger partial charge in [-0.15, -0.1) is 0 Å². The van der Waals surface area contributed by atoms with Crippen LogP contribution in [0, 0.1) is 12.7 Å². The van der Waals surface area contributed by atoms with Gasteiger partial charge in [-0.1, -0.05) is 18.2 Å². The van der Waals surface area contributed by atoms with Gasteiger partial charge < -0.3 is 10.4 Å². The largest absolute Gasteiger partial charge is 0.378 e. The highest BCUT2D eigenvalue weighted by molar-refractivity contribution is 5.81. The normalized spacial score (nSPS) is 11.9. The number of carbonyl (C=O) groups is 1. The van der Waals surface area contributed by atoms with Crippen molar-refractivity contribution in [2.45, 2.75) is 19.6 Å². The molecule has 104 valence electrons. The standard InChI is InChI=1S/C15H15FN2O2/c1-10-7-12(4-5-13(10)16)14(19)15(20)18-9-11-3-2-6-17-8-11/h2-8,14,19H,9H2,1H3,(H,18,20). The summed E-state index contributed by atoms with van der Waals surface area (Å²) in [6, 6.07) is 7.69. The summed E-state index contributed by atoms with van der Waals surface area (Å²) in [5.41, 5.74) is 1.59. The van der Waals surface area contributed by atoms with Gasteiger partial charge in [-0.25, -0.2) is 4.39 Å². The van der Waals surface area contributed by atoms with Crippen LogP contribution in [0.3, 0.4) is 0 Å². The van der Waals surface area contributed by atoms with Crippen molar-refractivity contribution in [1.82, 2.24) is 10.3 Å². The highest BCUT2D eigenvalue weighted by Crippen LogP contribution is 2.17. The Morgan fingerprint density at radius 2 is 2.25 bits per heavy atom.